The number of anilines is 1. The SMILES string of the molecule is COc1c(Br)cc(Br)cc1C(=O)Nc1ccc(Cl)c(-c2nc3ccccc3s2)c1. The quantitative estimate of drug-likeness (QED) is 0.287. The van der Waals surface area contributed by atoms with Crippen LogP contribution in [0.2, 0.25) is 5.02 Å². The highest BCUT2D eigenvalue weighted by Gasteiger charge is 2.18. The zero-order valence-corrected chi connectivity index (χ0v) is 19.7. The molecular formula is C21H13Br2ClN2O2S. The van der Waals surface area contributed by atoms with Crippen LogP contribution in [-0.2, 0) is 0 Å². The van der Waals surface area contributed by atoms with Gasteiger partial charge >= 0.3 is 0 Å². The third kappa shape index (κ3) is 4.19. The number of rotatable bonds is 4. The summed E-state index contributed by atoms with van der Waals surface area (Å²) in [7, 11) is 1.53. The van der Waals surface area contributed by atoms with Crippen molar-refractivity contribution in [2.75, 3.05) is 12.4 Å². The number of benzene rings is 3. The van der Waals surface area contributed by atoms with E-state index in [4.69, 9.17) is 16.3 Å². The molecule has 3 aromatic carbocycles. The van der Waals surface area contributed by atoms with Gasteiger partial charge in [-0.15, -0.1) is 11.3 Å². The summed E-state index contributed by atoms with van der Waals surface area (Å²) in [5.74, 6) is 0.174. The lowest BCUT2D eigenvalue weighted by Crippen LogP contribution is -2.13. The monoisotopic (exact) mass is 550 g/mol. The number of nitrogens with zero attached hydrogens (tertiary/aromatic N) is 1. The van der Waals surface area contributed by atoms with Gasteiger partial charge < -0.3 is 10.1 Å². The minimum absolute atomic E-state index is 0.290. The largest absolute Gasteiger partial charge is 0.495 e. The smallest absolute Gasteiger partial charge is 0.259 e. The zero-order valence-electron chi connectivity index (χ0n) is 15.0. The van der Waals surface area contributed by atoms with E-state index in [9.17, 15) is 4.79 Å². The zero-order chi connectivity index (χ0) is 20.5. The molecule has 0 saturated carbocycles. The maximum Gasteiger partial charge on any atom is 0.259 e. The maximum atomic E-state index is 12.9. The summed E-state index contributed by atoms with van der Waals surface area (Å²) in [6, 6.07) is 16.8. The first-order valence-corrected chi connectivity index (χ1v) is 11.2. The van der Waals surface area contributed by atoms with Crippen LogP contribution >= 0.6 is 54.8 Å². The molecule has 0 spiro atoms. The van der Waals surface area contributed by atoms with Crippen LogP contribution in [0.1, 0.15) is 10.4 Å². The Bertz CT molecular complexity index is 1210. The van der Waals surface area contributed by atoms with Crippen LogP contribution in [-0.4, -0.2) is 18.0 Å². The number of amides is 1. The Morgan fingerprint density at radius 1 is 1.14 bits per heavy atom. The van der Waals surface area contributed by atoms with Crippen molar-refractivity contribution in [1.82, 2.24) is 4.98 Å². The first-order chi connectivity index (χ1) is 14.0. The molecule has 0 unspecified atom stereocenters. The molecule has 4 nitrogen and oxygen atoms in total. The minimum atomic E-state index is -0.290. The number of ether oxygens (including phenoxy) is 1. The van der Waals surface area contributed by atoms with Crippen LogP contribution < -0.4 is 10.1 Å². The third-order valence-corrected chi connectivity index (χ3v) is 6.65. The van der Waals surface area contributed by atoms with Crippen molar-refractivity contribution in [2.24, 2.45) is 0 Å². The summed E-state index contributed by atoms with van der Waals surface area (Å²) >= 11 is 14.8. The van der Waals surface area contributed by atoms with E-state index < -0.39 is 0 Å². The first-order valence-electron chi connectivity index (χ1n) is 8.46. The summed E-state index contributed by atoms with van der Waals surface area (Å²) in [4.78, 5) is 17.6. The predicted octanol–water partition coefficient (Wildman–Crippen LogP) is 7.40. The molecule has 0 bridgehead atoms. The topological polar surface area (TPSA) is 51.2 Å². The number of thiazole rings is 1. The van der Waals surface area contributed by atoms with Gasteiger partial charge in [-0.1, -0.05) is 39.7 Å². The van der Waals surface area contributed by atoms with Crippen molar-refractivity contribution in [3.8, 4) is 16.3 Å². The summed E-state index contributed by atoms with van der Waals surface area (Å²) < 4.78 is 7.91. The van der Waals surface area contributed by atoms with E-state index in [1.54, 1.807) is 29.5 Å². The lowest BCUT2D eigenvalue weighted by Gasteiger charge is -2.12. The van der Waals surface area contributed by atoms with E-state index >= 15 is 0 Å². The Morgan fingerprint density at radius 2 is 1.93 bits per heavy atom. The molecule has 1 amide bonds. The third-order valence-electron chi connectivity index (χ3n) is 4.21. The first kappa shape index (κ1) is 20.3. The van der Waals surface area contributed by atoms with Crippen LogP contribution in [0.5, 0.6) is 5.75 Å². The predicted molar refractivity (Wildman–Crippen MR) is 126 cm³/mol. The maximum absolute atomic E-state index is 12.9. The Hall–Kier alpha value is -1.93. The van der Waals surface area contributed by atoms with Gasteiger partial charge in [0.2, 0.25) is 0 Å². The molecule has 0 saturated heterocycles. The second-order valence-electron chi connectivity index (χ2n) is 6.10. The summed E-state index contributed by atoms with van der Waals surface area (Å²) in [6.07, 6.45) is 0. The molecule has 1 heterocycles. The van der Waals surface area contributed by atoms with Gasteiger partial charge in [-0.05, 0) is 58.4 Å². The number of para-hydroxylation sites is 1. The average Bonchev–Trinajstić information content (AvgIpc) is 3.12. The van der Waals surface area contributed by atoms with Crippen molar-refractivity contribution in [3.63, 3.8) is 0 Å². The summed E-state index contributed by atoms with van der Waals surface area (Å²) in [5.41, 5.74) is 2.71. The van der Waals surface area contributed by atoms with E-state index in [0.29, 0.717) is 26.5 Å². The number of hydrogen-bond donors (Lipinski definition) is 1. The number of halogens is 3. The second-order valence-corrected chi connectivity index (χ2v) is 9.31. The normalized spacial score (nSPS) is 10.9. The Morgan fingerprint density at radius 3 is 2.69 bits per heavy atom. The van der Waals surface area contributed by atoms with E-state index in [1.807, 2.05) is 36.4 Å². The fraction of sp³-hybridized carbons (Fsp3) is 0.0476. The lowest BCUT2D eigenvalue weighted by molar-refractivity contribution is 0.102. The van der Waals surface area contributed by atoms with Crippen LogP contribution in [0.25, 0.3) is 20.8 Å². The number of aromatic nitrogens is 1. The van der Waals surface area contributed by atoms with Crippen molar-refractivity contribution in [1.29, 1.82) is 0 Å². The molecule has 0 aliphatic carbocycles. The van der Waals surface area contributed by atoms with Gasteiger partial charge in [0.05, 0.1) is 32.4 Å². The van der Waals surface area contributed by atoms with Gasteiger partial charge in [-0.3, -0.25) is 4.79 Å². The molecule has 29 heavy (non-hydrogen) atoms. The van der Waals surface area contributed by atoms with Crippen LogP contribution in [0, 0.1) is 0 Å². The van der Waals surface area contributed by atoms with Gasteiger partial charge in [-0.2, -0.15) is 0 Å². The number of hydrogen-bond acceptors (Lipinski definition) is 4. The molecule has 4 rings (SSSR count). The number of carbonyl (C=O) groups excluding carboxylic acids is 1. The highest BCUT2D eigenvalue weighted by Crippen LogP contribution is 2.37. The molecule has 0 aliphatic heterocycles. The van der Waals surface area contributed by atoms with E-state index in [-0.39, 0.29) is 5.91 Å². The molecule has 1 aromatic heterocycles. The van der Waals surface area contributed by atoms with Gasteiger partial charge in [0.1, 0.15) is 10.8 Å². The molecule has 1 N–H and O–H groups in total. The molecule has 0 atom stereocenters. The Balaban J connectivity index is 1.69. The van der Waals surface area contributed by atoms with Crippen molar-refractivity contribution in [2.45, 2.75) is 0 Å². The fourth-order valence-electron chi connectivity index (χ4n) is 2.89. The molecule has 0 radical (unpaired) electrons. The highest BCUT2D eigenvalue weighted by atomic mass is 79.9. The summed E-state index contributed by atoms with van der Waals surface area (Å²) in [5, 5.41) is 4.29. The Kier molecular flexibility index (Phi) is 5.92. The van der Waals surface area contributed by atoms with Crippen molar-refractivity contribution < 1.29 is 9.53 Å². The highest BCUT2D eigenvalue weighted by molar-refractivity contribution is 9.11. The molecule has 0 aliphatic rings. The van der Waals surface area contributed by atoms with Crippen LogP contribution in [0.15, 0.2) is 63.5 Å². The molecule has 0 fully saturated rings. The lowest BCUT2D eigenvalue weighted by atomic mass is 10.1. The van der Waals surface area contributed by atoms with Crippen molar-refractivity contribution in [3.05, 3.63) is 74.1 Å². The van der Waals surface area contributed by atoms with E-state index in [1.165, 1.54) is 7.11 Å². The van der Waals surface area contributed by atoms with Crippen LogP contribution in [0.3, 0.4) is 0 Å². The molecule has 146 valence electrons. The number of methoxy groups -OCH3 is 1. The number of fused-ring (bicyclic) bond motifs is 1. The van der Waals surface area contributed by atoms with Gasteiger partial charge in [0, 0.05) is 15.7 Å². The molecule has 8 heteroatoms. The fourth-order valence-corrected chi connectivity index (χ4v) is 5.54. The minimum Gasteiger partial charge on any atom is -0.495 e. The molecule has 4 aromatic rings. The number of nitrogens with one attached hydrogen (secondary N) is 1. The Labute approximate surface area is 193 Å². The summed E-state index contributed by atoms with van der Waals surface area (Å²) in [6.45, 7) is 0. The number of carbonyl (C=O) groups is 1. The van der Waals surface area contributed by atoms with E-state index in [2.05, 4.69) is 42.2 Å². The van der Waals surface area contributed by atoms with Crippen LogP contribution in [0.4, 0.5) is 5.69 Å². The van der Waals surface area contributed by atoms with Gasteiger partial charge in [0.15, 0.2) is 0 Å². The standard InChI is InChI=1S/C21H13Br2ClN2O2S/c1-28-19-14(8-11(22)9-15(19)23)20(27)25-12-6-7-16(24)13(10-12)21-26-17-4-2-3-5-18(17)29-21/h2-10H,1H3,(H,25,27). The average molecular weight is 553 g/mol. The van der Waals surface area contributed by atoms with Crippen molar-refractivity contribution >= 4 is 76.6 Å². The molecular weight excluding hydrogens is 540 g/mol. The van der Waals surface area contributed by atoms with Gasteiger partial charge in [0.25, 0.3) is 5.91 Å². The van der Waals surface area contributed by atoms with E-state index in [0.717, 1.165) is 25.3 Å². The van der Waals surface area contributed by atoms with Gasteiger partial charge in [-0.25, -0.2) is 4.98 Å². The second kappa shape index (κ2) is 8.44.